The van der Waals surface area contributed by atoms with Crippen LogP contribution in [0.2, 0.25) is 0 Å². The Morgan fingerprint density at radius 3 is 2.71 bits per heavy atom. The number of morpholine rings is 1. The third kappa shape index (κ3) is 4.67. The van der Waals surface area contributed by atoms with Gasteiger partial charge in [0.2, 0.25) is 5.91 Å². The van der Waals surface area contributed by atoms with E-state index in [4.69, 9.17) is 4.74 Å². The monoisotopic (exact) mass is 352 g/mol. The highest BCUT2D eigenvalue weighted by molar-refractivity contribution is 7.13. The number of anilines is 1. The molecule has 2 amide bonds. The van der Waals surface area contributed by atoms with Crippen LogP contribution in [0.4, 0.5) is 5.13 Å². The van der Waals surface area contributed by atoms with Crippen LogP contribution in [0.1, 0.15) is 49.0 Å². The van der Waals surface area contributed by atoms with Crippen molar-refractivity contribution in [3.63, 3.8) is 0 Å². The van der Waals surface area contributed by atoms with Crippen LogP contribution < -0.4 is 15.8 Å². The van der Waals surface area contributed by atoms with Crippen molar-refractivity contribution in [2.24, 2.45) is 5.92 Å². The number of nitrogens with zero attached hydrogens (tertiary/aromatic N) is 2. The molecule has 132 valence electrons. The molecule has 1 aliphatic carbocycles. The Labute approximate surface area is 145 Å². The van der Waals surface area contributed by atoms with Crippen LogP contribution in [0.15, 0.2) is 5.38 Å². The number of hydrogen-bond donors (Lipinski definition) is 2. The number of amides is 2. The average Bonchev–Trinajstić information content (AvgIpc) is 3.11. The molecule has 0 unspecified atom stereocenters. The maximum atomic E-state index is 12.1. The van der Waals surface area contributed by atoms with Crippen LogP contribution in [-0.4, -0.2) is 43.1 Å². The Morgan fingerprint density at radius 2 is 1.96 bits per heavy atom. The molecule has 8 heteroatoms. The molecule has 0 spiro atoms. The fraction of sp³-hybridized carbons (Fsp3) is 0.688. The molecule has 3 rings (SSSR count). The third-order valence-electron chi connectivity index (χ3n) is 4.52. The Bertz CT molecular complexity index is 565. The van der Waals surface area contributed by atoms with Gasteiger partial charge in [0.15, 0.2) is 5.13 Å². The Balaban J connectivity index is 1.44. The fourth-order valence-corrected chi connectivity index (χ4v) is 4.02. The number of nitrogens with one attached hydrogen (secondary N) is 2. The first-order valence-corrected chi connectivity index (χ1v) is 9.48. The normalized spacial score (nSPS) is 19.1. The number of hydrazine groups is 1. The number of ether oxygens (including phenoxy) is 1. The first-order valence-electron chi connectivity index (χ1n) is 8.60. The maximum Gasteiger partial charge on any atom is 0.289 e. The second kappa shape index (κ2) is 8.43. The molecule has 2 heterocycles. The van der Waals surface area contributed by atoms with Crippen molar-refractivity contribution in [1.82, 2.24) is 15.8 Å². The molecule has 1 aliphatic heterocycles. The highest BCUT2D eigenvalue weighted by atomic mass is 32.1. The Morgan fingerprint density at radius 1 is 1.21 bits per heavy atom. The van der Waals surface area contributed by atoms with Crippen molar-refractivity contribution in [2.75, 3.05) is 31.2 Å². The highest BCUT2D eigenvalue weighted by Crippen LogP contribution is 2.26. The van der Waals surface area contributed by atoms with Gasteiger partial charge >= 0.3 is 0 Å². The predicted octanol–water partition coefficient (Wildman–Crippen LogP) is 1.71. The molecular formula is C16H24N4O3S. The zero-order chi connectivity index (χ0) is 16.8. The molecule has 1 saturated carbocycles. The molecule has 2 N–H and O–H groups in total. The number of thiazole rings is 1. The number of rotatable bonds is 4. The molecule has 1 aromatic heterocycles. The summed E-state index contributed by atoms with van der Waals surface area (Å²) in [4.78, 5) is 30.5. The van der Waals surface area contributed by atoms with Crippen LogP contribution >= 0.6 is 11.3 Å². The van der Waals surface area contributed by atoms with E-state index in [0.717, 1.165) is 31.1 Å². The van der Waals surface area contributed by atoms with Gasteiger partial charge in [-0.15, -0.1) is 11.3 Å². The van der Waals surface area contributed by atoms with E-state index >= 15 is 0 Å². The van der Waals surface area contributed by atoms with Crippen LogP contribution in [-0.2, 0) is 9.53 Å². The van der Waals surface area contributed by atoms with E-state index in [-0.39, 0.29) is 11.8 Å². The number of hydrogen-bond acceptors (Lipinski definition) is 6. The fourth-order valence-electron chi connectivity index (χ4n) is 3.16. The van der Waals surface area contributed by atoms with Gasteiger partial charge in [0.05, 0.1) is 13.2 Å². The molecule has 0 radical (unpaired) electrons. The van der Waals surface area contributed by atoms with Crippen LogP contribution in [0.5, 0.6) is 0 Å². The molecule has 0 aromatic carbocycles. The van der Waals surface area contributed by atoms with Gasteiger partial charge in [-0.25, -0.2) is 4.98 Å². The van der Waals surface area contributed by atoms with Crippen molar-refractivity contribution in [1.29, 1.82) is 0 Å². The van der Waals surface area contributed by atoms with E-state index in [0.29, 0.717) is 31.2 Å². The van der Waals surface area contributed by atoms with Crippen LogP contribution in [0.25, 0.3) is 0 Å². The molecule has 1 saturated heterocycles. The largest absolute Gasteiger partial charge is 0.378 e. The van der Waals surface area contributed by atoms with E-state index in [9.17, 15) is 9.59 Å². The lowest BCUT2D eigenvalue weighted by Crippen LogP contribution is -2.42. The lowest BCUT2D eigenvalue weighted by molar-refractivity contribution is -0.123. The van der Waals surface area contributed by atoms with Gasteiger partial charge in [-0.3, -0.25) is 20.4 Å². The van der Waals surface area contributed by atoms with Crippen LogP contribution in [0.3, 0.4) is 0 Å². The number of carbonyl (C=O) groups is 2. The Hall–Kier alpha value is -1.67. The summed E-state index contributed by atoms with van der Waals surface area (Å²) in [5, 5.41) is 2.53. The summed E-state index contributed by atoms with van der Waals surface area (Å²) in [5.41, 5.74) is 5.31. The van der Waals surface area contributed by atoms with E-state index in [1.165, 1.54) is 30.6 Å². The first-order chi connectivity index (χ1) is 11.7. The second-order valence-electron chi connectivity index (χ2n) is 6.33. The summed E-state index contributed by atoms with van der Waals surface area (Å²) in [6, 6.07) is 0. The van der Waals surface area contributed by atoms with E-state index < -0.39 is 0 Å². The lowest BCUT2D eigenvalue weighted by Gasteiger charge is -2.25. The first kappa shape index (κ1) is 17.2. The number of carbonyl (C=O) groups excluding carboxylic acids is 2. The molecule has 2 fully saturated rings. The van der Waals surface area contributed by atoms with Crippen molar-refractivity contribution in [2.45, 2.75) is 38.5 Å². The maximum absolute atomic E-state index is 12.1. The minimum absolute atomic E-state index is 0.126. The van der Waals surface area contributed by atoms with Crippen molar-refractivity contribution in [3.05, 3.63) is 11.1 Å². The van der Waals surface area contributed by atoms with Crippen LogP contribution in [0, 0.1) is 5.92 Å². The van der Waals surface area contributed by atoms with Gasteiger partial charge in [0.25, 0.3) is 5.91 Å². The summed E-state index contributed by atoms with van der Waals surface area (Å²) in [5.74, 6) is -0.0514. The molecule has 2 aliphatic rings. The van der Waals surface area contributed by atoms with Crippen molar-refractivity contribution < 1.29 is 14.3 Å². The molecule has 0 bridgehead atoms. The highest BCUT2D eigenvalue weighted by Gasteiger charge is 2.19. The predicted molar refractivity (Wildman–Crippen MR) is 91.9 cm³/mol. The van der Waals surface area contributed by atoms with Gasteiger partial charge in [-0.05, 0) is 18.8 Å². The van der Waals surface area contributed by atoms with E-state index in [1.54, 1.807) is 5.38 Å². The number of aromatic nitrogens is 1. The quantitative estimate of drug-likeness (QED) is 0.806. The summed E-state index contributed by atoms with van der Waals surface area (Å²) < 4.78 is 5.31. The molecule has 1 aromatic rings. The summed E-state index contributed by atoms with van der Waals surface area (Å²) in [6.07, 6.45) is 6.37. The minimum Gasteiger partial charge on any atom is -0.378 e. The molecule has 0 atom stereocenters. The van der Waals surface area contributed by atoms with E-state index in [1.807, 2.05) is 0 Å². The summed E-state index contributed by atoms with van der Waals surface area (Å²) >= 11 is 1.43. The van der Waals surface area contributed by atoms with Crippen molar-refractivity contribution >= 4 is 28.3 Å². The zero-order valence-electron chi connectivity index (χ0n) is 13.8. The topological polar surface area (TPSA) is 83.6 Å². The molecular weight excluding hydrogens is 328 g/mol. The Kier molecular flexibility index (Phi) is 6.03. The standard InChI is InChI=1S/C16H24N4O3S/c21-14(10-12-4-2-1-3-5-12)18-19-15(22)13-11-24-16(17-13)20-6-8-23-9-7-20/h11-12H,1-10H2,(H,18,21)(H,19,22). The second-order valence-corrected chi connectivity index (χ2v) is 7.16. The molecule has 24 heavy (non-hydrogen) atoms. The third-order valence-corrected chi connectivity index (χ3v) is 5.42. The minimum atomic E-state index is -0.372. The van der Waals surface area contributed by atoms with Gasteiger partial charge in [0, 0.05) is 24.9 Å². The van der Waals surface area contributed by atoms with Gasteiger partial charge in [-0.2, -0.15) is 0 Å². The van der Waals surface area contributed by atoms with Gasteiger partial charge in [0.1, 0.15) is 5.69 Å². The van der Waals surface area contributed by atoms with Crippen molar-refractivity contribution in [3.8, 4) is 0 Å². The molecule has 7 nitrogen and oxygen atoms in total. The SMILES string of the molecule is O=C(CC1CCCCC1)NNC(=O)c1csc(N2CCOCC2)n1. The average molecular weight is 352 g/mol. The van der Waals surface area contributed by atoms with Gasteiger partial charge in [-0.1, -0.05) is 19.3 Å². The summed E-state index contributed by atoms with van der Waals surface area (Å²) in [6.45, 7) is 2.93. The smallest absolute Gasteiger partial charge is 0.289 e. The lowest BCUT2D eigenvalue weighted by atomic mass is 9.87. The summed E-state index contributed by atoms with van der Waals surface area (Å²) in [7, 11) is 0. The zero-order valence-corrected chi connectivity index (χ0v) is 14.6. The van der Waals surface area contributed by atoms with E-state index in [2.05, 4.69) is 20.7 Å². The van der Waals surface area contributed by atoms with Gasteiger partial charge < -0.3 is 9.64 Å².